The van der Waals surface area contributed by atoms with Gasteiger partial charge >= 0.3 is 0 Å². The Morgan fingerprint density at radius 3 is 2.10 bits per heavy atom. The molecule has 0 saturated heterocycles. The predicted octanol–water partition coefficient (Wildman–Crippen LogP) is 4.49. The summed E-state index contributed by atoms with van der Waals surface area (Å²) in [6, 6.07) is 28.0. The molecule has 162 valence electrons. The zero-order chi connectivity index (χ0) is 22.1. The van der Waals surface area contributed by atoms with Gasteiger partial charge in [0, 0.05) is 12.0 Å². The Hall–Kier alpha value is -3.11. The van der Waals surface area contributed by atoms with Crippen molar-refractivity contribution in [2.24, 2.45) is 0 Å². The Bertz CT molecular complexity index is 938. The van der Waals surface area contributed by atoms with Crippen LogP contribution in [0.5, 0.6) is 5.75 Å². The second-order valence-electron chi connectivity index (χ2n) is 8.43. The molecule has 0 radical (unpaired) electrons. The average molecular weight is 417 g/mol. The van der Waals surface area contributed by atoms with Gasteiger partial charge in [-0.25, -0.2) is 0 Å². The van der Waals surface area contributed by atoms with Crippen molar-refractivity contribution in [3.63, 3.8) is 0 Å². The largest absolute Gasteiger partial charge is 0.489 e. The van der Waals surface area contributed by atoms with Crippen LogP contribution in [0, 0.1) is 0 Å². The van der Waals surface area contributed by atoms with Crippen LogP contribution in [0.3, 0.4) is 0 Å². The van der Waals surface area contributed by atoms with Crippen molar-refractivity contribution in [1.82, 2.24) is 10.6 Å². The van der Waals surface area contributed by atoms with Crippen molar-refractivity contribution in [2.45, 2.75) is 38.3 Å². The molecule has 1 atom stereocenters. The molecule has 0 spiro atoms. The molecule has 0 fully saturated rings. The van der Waals surface area contributed by atoms with Gasteiger partial charge in [0.15, 0.2) is 0 Å². The van der Waals surface area contributed by atoms with E-state index < -0.39 is 0 Å². The van der Waals surface area contributed by atoms with Gasteiger partial charge in [0.1, 0.15) is 12.4 Å². The van der Waals surface area contributed by atoms with Crippen molar-refractivity contribution < 1.29 is 9.53 Å². The third kappa shape index (κ3) is 6.69. The summed E-state index contributed by atoms with van der Waals surface area (Å²) in [5, 5.41) is 6.26. The number of hydrogen-bond donors (Lipinski definition) is 2. The number of nitrogens with one attached hydrogen (secondary N) is 2. The fourth-order valence-corrected chi connectivity index (χ4v) is 3.45. The van der Waals surface area contributed by atoms with Crippen LogP contribution in [0.25, 0.3) is 0 Å². The lowest BCUT2D eigenvalue weighted by Gasteiger charge is -2.27. The second-order valence-corrected chi connectivity index (χ2v) is 8.43. The molecule has 0 aliphatic carbocycles. The van der Waals surface area contributed by atoms with E-state index in [0.29, 0.717) is 19.6 Å². The minimum absolute atomic E-state index is 0.0101. The Kier molecular flexibility index (Phi) is 7.85. The Balaban J connectivity index is 1.52. The SMILES string of the molecule is CN[C@@H](Cc1ccc(OCc2ccccc2)cc1)C(=O)NCC(C)(C)c1ccccc1. The molecule has 4 nitrogen and oxygen atoms in total. The topological polar surface area (TPSA) is 50.4 Å². The third-order valence-electron chi connectivity index (χ3n) is 5.54. The smallest absolute Gasteiger partial charge is 0.237 e. The maximum atomic E-state index is 12.8. The molecular formula is C27H32N2O2. The summed E-state index contributed by atoms with van der Waals surface area (Å²) >= 11 is 0. The predicted molar refractivity (Wildman–Crippen MR) is 126 cm³/mol. The summed E-state index contributed by atoms with van der Waals surface area (Å²) in [4.78, 5) is 12.8. The van der Waals surface area contributed by atoms with Gasteiger partial charge in [-0.2, -0.15) is 0 Å². The number of carbonyl (C=O) groups is 1. The van der Waals surface area contributed by atoms with Gasteiger partial charge < -0.3 is 15.4 Å². The minimum Gasteiger partial charge on any atom is -0.489 e. The highest BCUT2D eigenvalue weighted by Gasteiger charge is 2.23. The molecule has 31 heavy (non-hydrogen) atoms. The lowest BCUT2D eigenvalue weighted by atomic mass is 9.84. The molecule has 1 amide bonds. The van der Waals surface area contributed by atoms with E-state index in [-0.39, 0.29) is 17.4 Å². The Morgan fingerprint density at radius 2 is 1.48 bits per heavy atom. The summed E-state index contributed by atoms with van der Waals surface area (Å²) < 4.78 is 5.85. The third-order valence-corrected chi connectivity index (χ3v) is 5.54. The van der Waals surface area contributed by atoms with E-state index in [1.165, 1.54) is 5.56 Å². The first-order valence-electron chi connectivity index (χ1n) is 10.7. The van der Waals surface area contributed by atoms with Crippen LogP contribution in [0.15, 0.2) is 84.9 Å². The number of amides is 1. The lowest BCUT2D eigenvalue weighted by Crippen LogP contribution is -2.47. The fourth-order valence-electron chi connectivity index (χ4n) is 3.45. The first kappa shape index (κ1) is 22.6. The van der Waals surface area contributed by atoms with E-state index in [9.17, 15) is 4.79 Å². The van der Waals surface area contributed by atoms with Crippen LogP contribution in [-0.4, -0.2) is 25.5 Å². The van der Waals surface area contributed by atoms with Crippen LogP contribution < -0.4 is 15.4 Å². The van der Waals surface area contributed by atoms with Gasteiger partial charge in [0.05, 0.1) is 6.04 Å². The summed E-state index contributed by atoms with van der Waals surface area (Å²) in [6.45, 7) is 5.41. The van der Waals surface area contributed by atoms with Gasteiger partial charge in [0.25, 0.3) is 0 Å². The van der Waals surface area contributed by atoms with E-state index >= 15 is 0 Å². The van der Waals surface area contributed by atoms with Crippen LogP contribution in [0.1, 0.15) is 30.5 Å². The maximum absolute atomic E-state index is 12.8. The minimum atomic E-state index is -0.289. The van der Waals surface area contributed by atoms with Gasteiger partial charge in [-0.05, 0) is 42.3 Å². The molecule has 2 N–H and O–H groups in total. The number of rotatable bonds is 10. The zero-order valence-electron chi connectivity index (χ0n) is 18.6. The van der Waals surface area contributed by atoms with Crippen molar-refractivity contribution in [1.29, 1.82) is 0 Å². The van der Waals surface area contributed by atoms with E-state index in [1.54, 1.807) is 0 Å². The highest BCUT2D eigenvalue weighted by molar-refractivity contribution is 5.82. The molecule has 0 aliphatic heterocycles. The molecule has 0 unspecified atom stereocenters. The van der Waals surface area contributed by atoms with Gasteiger partial charge in [0.2, 0.25) is 5.91 Å². The molecule has 4 heteroatoms. The summed E-state index contributed by atoms with van der Waals surface area (Å²) in [6.07, 6.45) is 0.618. The zero-order valence-corrected chi connectivity index (χ0v) is 18.6. The summed E-state index contributed by atoms with van der Waals surface area (Å²) in [5.41, 5.74) is 3.30. The molecule has 3 aromatic rings. The number of ether oxygens (including phenoxy) is 1. The average Bonchev–Trinajstić information content (AvgIpc) is 2.81. The van der Waals surface area contributed by atoms with Crippen LogP contribution in [-0.2, 0) is 23.2 Å². The Labute approximate surface area is 185 Å². The van der Waals surface area contributed by atoms with E-state index in [2.05, 4.69) is 36.6 Å². The fraction of sp³-hybridized carbons (Fsp3) is 0.296. The number of likely N-dealkylation sites (N-methyl/N-ethyl adjacent to an activating group) is 1. The quantitative estimate of drug-likeness (QED) is 0.512. The van der Waals surface area contributed by atoms with E-state index in [4.69, 9.17) is 4.74 Å². The Morgan fingerprint density at radius 1 is 0.871 bits per heavy atom. The standard InChI is InChI=1S/C27H32N2O2/c1-27(2,23-12-8-5-9-13-23)20-29-26(30)25(28-3)18-21-14-16-24(17-15-21)31-19-22-10-6-4-7-11-22/h4-17,25,28H,18-20H2,1-3H3,(H,29,30)/t25-/m0/s1. The molecule has 0 bridgehead atoms. The van der Waals surface area contributed by atoms with E-state index in [0.717, 1.165) is 16.9 Å². The highest BCUT2D eigenvalue weighted by atomic mass is 16.5. The summed E-state index contributed by atoms with van der Waals surface area (Å²) in [5.74, 6) is 0.832. The van der Waals surface area contributed by atoms with Crippen molar-refractivity contribution >= 4 is 5.91 Å². The van der Waals surface area contributed by atoms with Crippen LogP contribution in [0.2, 0.25) is 0 Å². The molecule has 0 heterocycles. The maximum Gasteiger partial charge on any atom is 0.237 e. The number of benzene rings is 3. The summed E-state index contributed by atoms with van der Waals surface area (Å²) in [7, 11) is 1.82. The second kappa shape index (κ2) is 10.8. The van der Waals surface area contributed by atoms with E-state index in [1.807, 2.05) is 79.8 Å². The van der Waals surface area contributed by atoms with Gasteiger partial charge in [-0.15, -0.1) is 0 Å². The highest BCUT2D eigenvalue weighted by Crippen LogP contribution is 2.22. The molecule has 0 aromatic heterocycles. The molecule has 0 aliphatic rings. The first-order valence-corrected chi connectivity index (χ1v) is 10.7. The normalized spacial score (nSPS) is 12.2. The number of carbonyl (C=O) groups excluding carboxylic acids is 1. The van der Waals surface area contributed by atoms with Gasteiger partial charge in [-0.3, -0.25) is 4.79 Å². The first-order chi connectivity index (χ1) is 15.0. The molecule has 3 rings (SSSR count). The number of hydrogen-bond acceptors (Lipinski definition) is 3. The lowest BCUT2D eigenvalue weighted by molar-refractivity contribution is -0.123. The monoisotopic (exact) mass is 416 g/mol. The van der Waals surface area contributed by atoms with Gasteiger partial charge in [-0.1, -0.05) is 86.6 Å². The molecular weight excluding hydrogens is 384 g/mol. The van der Waals surface area contributed by atoms with Crippen LogP contribution >= 0.6 is 0 Å². The van der Waals surface area contributed by atoms with Crippen molar-refractivity contribution in [2.75, 3.05) is 13.6 Å². The molecule has 0 saturated carbocycles. The van der Waals surface area contributed by atoms with Crippen molar-refractivity contribution in [3.8, 4) is 5.75 Å². The van der Waals surface area contributed by atoms with Crippen LogP contribution in [0.4, 0.5) is 0 Å². The molecule has 3 aromatic carbocycles. The van der Waals surface area contributed by atoms with Crippen molar-refractivity contribution in [3.05, 3.63) is 102 Å².